The molecule has 4 rings (SSSR count). The fourth-order valence-electron chi connectivity index (χ4n) is 2.90. The molecular weight excluding hydrogens is 418 g/mol. The zero-order chi connectivity index (χ0) is 18.4. The van der Waals surface area contributed by atoms with Crippen LogP contribution >= 0.6 is 28.1 Å². The molecule has 0 aliphatic carbocycles. The summed E-state index contributed by atoms with van der Waals surface area (Å²) in [6.07, 6.45) is 0. The Balaban J connectivity index is 1.95. The van der Waals surface area contributed by atoms with Crippen molar-refractivity contribution in [3.05, 3.63) is 68.0 Å². The van der Waals surface area contributed by atoms with Gasteiger partial charge in [0.25, 0.3) is 5.91 Å². The number of rotatable bonds is 3. The van der Waals surface area contributed by atoms with Gasteiger partial charge >= 0.3 is 0 Å². The summed E-state index contributed by atoms with van der Waals surface area (Å²) in [6.45, 7) is 0. The van der Waals surface area contributed by atoms with Crippen LogP contribution in [0.15, 0.2) is 51.9 Å². The summed E-state index contributed by atoms with van der Waals surface area (Å²) in [5.74, 6) is 0.117. The van der Waals surface area contributed by atoms with E-state index in [0.29, 0.717) is 22.0 Å². The molecule has 0 fully saturated rings. The number of aromatic hydroxyl groups is 1. The van der Waals surface area contributed by atoms with Crippen molar-refractivity contribution in [1.82, 2.24) is 9.55 Å². The van der Waals surface area contributed by atoms with Crippen LogP contribution in [0.5, 0.6) is 11.6 Å². The number of H-pyrrole nitrogens is 1. The van der Waals surface area contributed by atoms with Gasteiger partial charge in [0.15, 0.2) is 4.77 Å². The van der Waals surface area contributed by atoms with Gasteiger partial charge in [0, 0.05) is 9.69 Å². The molecule has 8 heteroatoms. The van der Waals surface area contributed by atoms with Crippen LogP contribution in [-0.4, -0.2) is 27.7 Å². The molecule has 0 unspecified atom stereocenters. The Bertz CT molecular complexity index is 1230. The smallest absolute Gasteiger partial charge is 0.280 e. The van der Waals surface area contributed by atoms with E-state index in [1.165, 1.54) is 4.57 Å². The third kappa shape index (κ3) is 2.58. The van der Waals surface area contributed by atoms with Gasteiger partial charge in [-0.05, 0) is 54.7 Å². The van der Waals surface area contributed by atoms with Crippen molar-refractivity contribution < 1.29 is 14.6 Å². The van der Waals surface area contributed by atoms with Crippen molar-refractivity contribution in [1.29, 1.82) is 0 Å². The van der Waals surface area contributed by atoms with Crippen LogP contribution in [0.4, 0.5) is 0 Å². The number of nitrogens with zero attached hydrogens (tertiary/aromatic N) is 2. The maximum Gasteiger partial charge on any atom is 0.280 e. The van der Waals surface area contributed by atoms with Crippen LogP contribution in [-0.2, 0) is 4.79 Å². The Hall–Kier alpha value is -2.71. The quantitative estimate of drug-likeness (QED) is 0.626. The molecule has 0 atom stereocenters. The van der Waals surface area contributed by atoms with E-state index in [9.17, 15) is 9.90 Å². The molecular formula is C18H12BrN3O3S. The number of hydrogen-bond donors (Lipinski definition) is 2. The Morgan fingerprint density at radius 2 is 1.96 bits per heavy atom. The van der Waals surface area contributed by atoms with E-state index in [2.05, 4.69) is 25.9 Å². The highest BCUT2D eigenvalue weighted by Crippen LogP contribution is 2.29. The number of hydrogen-bond acceptors (Lipinski definition) is 4. The van der Waals surface area contributed by atoms with Gasteiger partial charge in [-0.15, -0.1) is 0 Å². The molecule has 6 nitrogen and oxygen atoms in total. The Kier molecular flexibility index (Phi) is 4.01. The lowest BCUT2D eigenvalue weighted by molar-refractivity contribution is -0.112. The highest BCUT2D eigenvalue weighted by atomic mass is 79.9. The second-order valence-electron chi connectivity index (χ2n) is 5.62. The number of imidazole rings is 1. The summed E-state index contributed by atoms with van der Waals surface area (Å²) in [7, 11) is 1.58. The fraction of sp³-hybridized carbons (Fsp3) is 0.0556. The predicted octanol–water partition coefficient (Wildman–Crippen LogP) is 2.37. The first-order valence-corrected chi connectivity index (χ1v) is 8.81. The fourth-order valence-corrected chi connectivity index (χ4v) is 3.55. The summed E-state index contributed by atoms with van der Waals surface area (Å²) >= 11 is 8.75. The van der Waals surface area contributed by atoms with Gasteiger partial charge in [-0.3, -0.25) is 9.36 Å². The number of halogens is 1. The molecule has 0 saturated heterocycles. The lowest BCUT2D eigenvalue weighted by Crippen LogP contribution is -2.23. The Labute approximate surface area is 161 Å². The summed E-state index contributed by atoms with van der Waals surface area (Å²) in [6, 6.07) is 12.4. The second-order valence-corrected chi connectivity index (χ2v) is 6.92. The van der Waals surface area contributed by atoms with Crippen LogP contribution in [0, 0.1) is 4.77 Å². The molecule has 3 aromatic rings. The molecule has 2 heterocycles. The lowest BCUT2D eigenvalue weighted by atomic mass is 10.1. The highest BCUT2D eigenvalue weighted by Gasteiger charge is 2.25. The molecule has 1 aliphatic rings. The summed E-state index contributed by atoms with van der Waals surface area (Å²) in [5.41, 5.74) is 1.18. The highest BCUT2D eigenvalue weighted by molar-refractivity contribution is 9.10. The Morgan fingerprint density at radius 3 is 2.65 bits per heavy atom. The molecule has 1 aliphatic heterocycles. The van der Waals surface area contributed by atoms with Crippen molar-refractivity contribution in [3.8, 4) is 17.3 Å². The van der Waals surface area contributed by atoms with E-state index >= 15 is 0 Å². The lowest BCUT2D eigenvalue weighted by Gasteiger charge is -2.06. The molecule has 0 radical (unpaired) electrons. The van der Waals surface area contributed by atoms with Crippen LogP contribution in [0.3, 0.4) is 0 Å². The average Bonchev–Trinajstić information content (AvgIpc) is 3.10. The monoisotopic (exact) mass is 429 g/mol. The number of ether oxygens (including phenoxy) is 1. The standard InChI is InChI=1S/C18H12BrN3O3S/c1-25-11-5-3-10(4-6-11)22-17(24)15(21-18(22)26)14-12-8-9(19)2-7-13(12)20-16(14)23/h2-8,24H,1H3,(H,21,26). The van der Waals surface area contributed by atoms with Crippen molar-refractivity contribution in [2.24, 2.45) is 4.99 Å². The molecule has 2 aromatic carbocycles. The van der Waals surface area contributed by atoms with Gasteiger partial charge < -0.3 is 14.8 Å². The second kappa shape index (κ2) is 6.22. The van der Waals surface area contributed by atoms with E-state index in [1.807, 2.05) is 6.07 Å². The SMILES string of the molecule is COc1ccc(-n2c(O)c(C3=c4cc(Br)ccc4=NC3=O)[nH]c2=S)cc1. The van der Waals surface area contributed by atoms with E-state index in [4.69, 9.17) is 17.0 Å². The predicted molar refractivity (Wildman–Crippen MR) is 102 cm³/mol. The maximum absolute atomic E-state index is 12.4. The topological polar surface area (TPSA) is 79.6 Å². The van der Waals surface area contributed by atoms with Gasteiger partial charge in [-0.25, -0.2) is 4.99 Å². The molecule has 2 N–H and O–H groups in total. The molecule has 1 amide bonds. The largest absolute Gasteiger partial charge is 0.497 e. The normalized spacial score (nSPS) is 12.8. The summed E-state index contributed by atoms with van der Waals surface area (Å²) in [4.78, 5) is 19.4. The number of amides is 1. The molecule has 130 valence electrons. The first-order valence-electron chi connectivity index (χ1n) is 7.61. The van der Waals surface area contributed by atoms with Crippen molar-refractivity contribution in [2.45, 2.75) is 0 Å². The zero-order valence-corrected chi connectivity index (χ0v) is 15.9. The third-order valence-electron chi connectivity index (χ3n) is 4.11. The summed E-state index contributed by atoms with van der Waals surface area (Å²) < 4.78 is 7.69. The van der Waals surface area contributed by atoms with Crippen LogP contribution in [0.1, 0.15) is 5.69 Å². The number of aromatic nitrogens is 2. The van der Waals surface area contributed by atoms with Crippen LogP contribution in [0.2, 0.25) is 0 Å². The first-order chi connectivity index (χ1) is 12.5. The minimum absolute atomic E-state index is 0.147. The number of nitrogens with one attached hydrogen (secondary N) is 1. The minimum atomic E-state index is -0.425. The molecule has 0 bridgehead atoms. The Morgan fingerprint density at radius 1 is 1.23 bits per heavy atom. The van der Waals surface area contributed by atoms with Crippen LogP contribution in [0.25, 0.3) is 11.3 Å². The molecule has 0 saturated carbocycles. The molecule has 0 spiro atoms. The number of benzene rings is 2. The maximum atomic E-state index is 12.4. The minimum Gasteiger partial charge on any atom is -0.497 e. The number of aromatic amines is 1. The van der Waals surface area contributed by atoms with Gasteiger partial charge in [-0.1, -0.05) is 15.9 Å². The third-order valence-corrected chi connectivity index (χ3v) is 4.89. The average molecular weight is 430 g/mol. The van der Waals surface area contributed by atoms with Gasteiger partial charge in [0.1, 0.15) is 11.4 Å². The van der Waals surface area contributed by atoms with Crippen molar-refractivity contribution in [2.75, 3.05) is 7.11 Å². The first kappa shape index (κ1) is 16.7. The number of carbonyl (C=O) groups excluding carboxylic acids is 1. The van der Waals surface area contributed by atoms with E-state index < -0.39 is 5.91 Å². The van der Waals surface area contributed by atoms with Gasteiger partial charge in [0.2, 0.25) is 5.88 Å². The van der Waals surface area contributed by atoms with Crippen molar-refractivity contribution in [3.63, 3.8) is 0 Å². The number of fused-ring (bicyclic) bond motifs is 1. The van der Waals surface area contributed by atoms with E-state index in [0.717, 1.165) is 4.47 Å². The van der Waals surface area contributed by atoms with Crippen molar-refractivity contribution >= 4 is 39.6 Å². The molecule has 26 heavy (non-hydrogen) atoms. The number of carbonyl (C=O) groups is 1. The number of methoxy groups -OCH3 is 1. The van der Waals surface area contributed by atoms with E-state index in [1.54, 1.807) is 43.5 Å². The van der Waals surface area contributed by atoms with Gasteiger partial charge in [-0.2, -0.15) is 0 Å². The van der Waals surface area contributed by atoms with Gasteiger partial charge in [0.05, 0.1) is 23.7 Å². The molecule has 1 aromatic heterocycles. The van der Waals surface area contributed by atoms with Crippen LogP contribution < -0.4 is 15.3 Å². The van der Waals surface area contributed by atoms with E-state index in [-0.39, 0.29) is 21.9 Å². The summed E-state index contributed by atoms with van der Waals surface area (Å²) in [5, 5.41) is 12.0. The zero-order valence-electron chi connectivity index (χ0n) is 13.5.